The average molecular weight is 425 g/mol. The number of fused-ring (bicyclic) bond motifs is 1. The minimum Gasteiger partial charge on any atom is -0.408 e. The van der Waals surface area contributed by atoms with Crippen LogP contribution in [0, 0.1) is 0 Å². The minimum atomic E-state index is -3.32. The molecule has 0 atom stereocenters. The Morgan fingerprint density at radius 1 is 1.17 bits per heavy atom. The van der Waals surface area contributed by atoms with Crippen LogP contribution in [0.25, 0.3) is 11.1 Å². The maximum atomic E-state index is 12.6. The molecule has 160 valence electrons. The predicted octanol–water partition coefficient (Wildman–Crippen LogP) is 2.50. The van der Waals surface area contributed by atoms with E-state index in [1.165, 1.54) is 0 Å². The molecule has 0 spiro atoms. The Morgan fingerprint density at radius 3 is 2.41 bits per heavy atom. The average Bonchev–Trinajstić information content (AvgIpc) is 2.97. The lowest BCUT2D eigenvalue weighted by Gasteiger charge is -2.32. The molecule has 1 aliphatic heterocycles. The Kier molecular flexibility index (Phi) is 6.04. The third-order valence-electron chi connectivity index (χ3n) is 5.11. The van der Waals surface area contributed by atoms with Crippen molar-refractivity contribution in [1.29, 1.82) is 0 Å². The Bertz CT molecular complexity index is 1050. The van der Waals surface area contributed by atoms with Gasteiger partial charge in [0.25, 0.3) is 0 Å². The first-order chi connectivity index (χ1) is 13.6. The van der Waals surface area contributed by atoms with Crippen LogP contribution in [-0.4, -0.2) is 48.3 Å². The number of oxazole rings is 1. The molecule has 2 amide bonds. The van der Waals surface area contributed by atoms with Gasteiger partial charge in [-0.25, -0.2) is 22.7 Å². The van der Waals surface area contributed by atoms with Crippen LogP contribution < -0.4 is 15.8 Å². The molecule has 1 aliphatic rings. The Hall–Kier alpha value is -2.33. The lowest BCUT2D eigenvalue weighted by Crippen LogP contribution is -2.48. The largest absolute Gasteiger partial charge is 0.420 e. The summed E-state index contributed by atoms with van der Waals surface area (Å²) in [5.41, 5.74) is 1.64. The Morgan fingerprint density at radius 2 is 1.83 bits per heavy atom. The monoisotopic (exact) mass is 424 g/mol. The number of urea groups is 1. The molecule has 29 heavy (non-hydrogen) atoms. The van der Waals surface area contributed by atoms with Gasteiger partial charge in [0.05, 0.1) is 10.8 Å². The van der Waals surface area contributed by atoms with E-state index in [2.05, 4.69) is 10.0 Å². The van der Waals surface area contributed by atoms with Crippen molar-refractivity contribution in [3.05, 3.63) is 28.7 Å². The number of likely N-dealkylation sites (tertiary alicyclic amines) is 1. The molecular formula is C19H28N4O5S. The zero-order valence-corrected chi connectivity index (χ0v) is 18.0. The number of hydrogen-bond acceptors (Lipinski definition) is 5. The van der Waals surface area contributed by atoms with Crippen molar-refractivity contribution < 1.29 is 17.6 Å². The number of piperidine rings is 1. The second-order valence-corrected chi connectivity index (χ2v) is 10.2. The van der Waals surface area contributed by atoms with Gasteiger partial charge in [0.2, 0.25) is 10.0 Å². The first kappa shape index (κ1) is 21.4. The molecule has 0 saturated carbocycles. The number of anilines is 1. The van der Waals surface area contributed by atoms with Crippen LogP contribution in [0.1, 0.15) is 46.6 Å². The number of hydrogen-bond donors (Lipinski definition) is 2. The fourth-order valence-corrected chi connectivity index (χ4v) is 4.35. The number of amides is 2. The van der Waals surface area contributed by atoms with Crippen LogP contribution in [0.5, 0.6) is 0 Å². The maximum Gasteiger partial charge on any atom is 0.420 e. The third-order valence-corrected chi connectivity index (χ3v) is 7.02. The second kappa shape index (κ2) is 8.19. The van der Waals surface area contributed by atoms with E-state index in [-0.39, 0.29) is 18.1 Å². The SMILES string of the molecule is CC(C)n1c(=O)oc2cc(NC(=O)N3CCC(NS(=O)(=O)C(C)C)CC3)ccc21. The maximum absolute atomic E-state index is 12.6. The molecule has 1 aromatic heterocycles. The second-order valence-electron chi connectivity index (χ2n) is 7.92. The number of carbonyl (C=O) groups excluding carboxylic acids is 1. The molecule has 3 rings (SSSR count). The van der Waals surface area contributed by atoms with Gasteiger partial charge >= 0.3 is 11.8 Å². The van der Waals surface area contributed by atoms with Crippen LogP contribution in [0.4, 0.5) is 10.5 Å². The van der Waals surface area contributed by atoms with E-state index in [1.54, 1.807) is 41.5 Å². The molecule has 0 unspecified atom stereocenters. The number of carbonyl (C=O) groups is 1. The zero-order valence-electron chi connectivity index (χ0n) is 17.1. The van der Waals surface area contributed by atoms with Crippen molar-refractivity contribution >= 4 is 32.8 Å². The third kappa shape index (κ3) is 4.64. The van der Waals surface area contributed by atoms with Gasteiger partial charge in [-0.1, -0.05) is 0 Å². The van der Waals surface area contributed by atoms with Gasteiger partial charge in [-0.2, -0.15) is 0 Å². The summed E-state index contributed by atoms with van der Waals surface area (Å²) in [5, 5.41) is 2.34. The number of sulfonamides is 1. The zero-order chi connectivity index (χ0) is 21.3. The van der Waals surface area contributed by atoms with Gasteiger partial charge in [0.15, 0.2) is 5.58 Å². The molecule has 0 aliphatic carbocycles. The van der Waals surface area contributed by atoms with Crippen molar-refractivity contribution in [3.8, 4) is 0 Å². The number of nitrogens with zero attached hydrogens (tertiary/aromatic N) is 2. The molecule has 2 N–H and O–H groups in total. The van der Waals surface area contributed by atoms with E-state index in [4.69, 9.17) is 4.42 Å². The van der Waals surface area contributed by atoms with Crippen LogP contribution in [0.2, 0.25) is 0 Å². The van der Waals surface area contributed by atoms with Crippen molar-refractivity contribution in [1.82, 2.24) is 14.2 Å². The van der Waals surface area contributed by atoms with Crippen LogP contribution in [-0.2, 0) is 10.0 Å². The molecule has 1 fully saturated rings. The molecule has 2 heterocycles. The Labute approximate surface area is 170 Å². The summed E-state index contributed by atoms with van der Waals surface area (Å²) in [6.07, 6.45) is 1.12. The highest BCUT2D eigenvalue weighted by Gasteiger charge is 2.27. The molecule has 2 aromatic rings. The highest BCUT2D eigenvalue weighted by molar-refractivity contribution is 7.90. The molecule has 0 bridgehead atoms. The number of nitrogens with one attached hydrogen (secondary N) is 2. The quantitative estimate of drug-likeness (QED) is 0.766. The van der Waals surface area contributed by atoms with E-state index >= 15 is 0 Å². The van der Waals surface area contributed by atoms with E-state index < -0.39 is 21.0 Å². The van der Waals surface area contributed by atoms with Gasteiger partial charge < -0.3 is 14.6 Å². The van der Waals surface area contributed by atoms with Crippen molar-refractivity contribution in [3.63, 3.8) is 0 Å². The summed E-state index contributed by atoms with van der Waals surface area (Å²) >= 11 is 0. The molecule has 9 nitrogen and oxygen atoms in total. The summed E-state index contributed by atoms with van der Waals surface area (Å²) in [6, 6.07) is 4.67. The molecule has 1 aromatic carbocycles. The fraction of sp³-hybridized carbons (Fsp3) is 0.579. The molecule has 10 heteroatoms. The standard InChI is InChI=1S/C19H28N4O5S/c1-12(2)23-16-6-5-15(11-17(16)28-19(23)25)20-18(24)22-9-7-14(8-10-22)21-29(26,27)13(3)4/h5-6,11-14,21H,7-10H2,1-4H3,(H,20,24). The summed E-state index contributed by atoms with van der Waals surface area (Å²) in [4.78, 5) is 26.2. The van der Waals surface area contributed by atoms with E-state index in [0.29, 0.717) is 42.7 Å². The summed E-state index contributed by atoms with van der Waals surface area (Å²) in [5.74, 6) is -0.426. The Balaban J connectivity index is 1.62. The van der Waals surface area contributed by atoms with Gasteiger partial charge in [0, 0.05) is 36.9 Å². The summed E-state index contributed by atoms with van der Waals surface area (Å²) in [7, 11) is -3.32. The smallest absolute Gasteiger partial charge is 0.408 e. The van der Waals surface area contributed by atoms with E-state index in [0.717, 1.165) is 0 Å². The van der Waals surface area contributed by atoms with Crippen LogP contribution in [0.15, 0.2) is 27.4 Å². The van der Waals surface area contributed by atoms with Crippen molar-refractivity contribution in [2.45, 2.75) is 57.9 Å². The van der Waals surface area contributed by atoms with Gasteiger partial charge in [-0.3, -0.25) is 4.57 Å². The summed E-state index contributed by atoms with van der Waals surface area (Å²) < 4.78 is 33.5. The van der Waals surface area contributed by atoms with Crippen LogP contribution >= 0.6 is 0 Å². The fourth-order valence-electron chi connectivity index (χ4n) is 3.37. The van der Waals surface area contributed by atoms with E-state index in [1.807, 2.05) is 13.8 Å². The predicted molar refractivity (Wildman–Crippen MR) is 112 cm³/mol. The lowest BCUT2D eigenvalue weighted by atomic mass is 10.1. The number of rotatable bonds is 5. The lowest BCUT2D eigenvalue weighted by molar-refractivity contribution is 0.193. The first-order valence-electron chi connectivity index (χ1n) is 9.80. The minimum absolute atomic E-state index is 0.0291. The number of benzene rings is 1. The highest BCUT2D eigenvalue weighted by atomic mass is 32.2. The topological polar surface area (TPSA) is 114 Å². The number of aromatic nitrogens is 1. The molecular weight excluding hydrogens is 396 g/mol. The van der Waals surface area contributed by atoms with Crippen molar-refractivity contribution in [2.75, 3.05) is 18.4 Å². The van der Waals surface area contributed by atoms with Crippen LogP contribution in [0.3, 0.4) is 0 Å². The van der Waals surface area contributed by atoms with E-state index in [9.17, 15) is 18.0 Å². The van der Waals surface area contributed by atoms with Gasteiger partial charge in [-0.05, 0) is 52.7 Å². The normalized spacial score (nSPS) is 16.1. The van der Waals surface area contributed by atoms with Crippen molar-refractivity contribution in [2.24, 2.45) is 0 Å². The molecule has 0 radical (unpaired) electrons. The highest BCUT2D eigenvalue weighted by Crippen LogP contribution is 2.22. The van der Waals surface area contributed by atoms with Gasteiger partial charge in [-0.15, -0.1) is 0 Å². The first-order valence-corrected chi connectivity index (χ1v) is 11.4. The molecule has 1 saturated heterocycles. The summed E-state index contributed by atoms with van der Waals surface area (Å²) in [6.45, 7) is 7.99. The van der Waals surface area contributed by atoms with Gasteiger partial charge in [0.1, 0.15) is 0 Å².